The highest BCUT2D eigenvalue weighted by atomic mass is 16.5. The molecule has 26 heavy (non-hydrogen) atoms. The van der Waals surface area contributed by atoms with Crippen molar-refractivity contribution in [2.45, 2.75) is 33.1 Å². The molecule has 0 atom stereocenters. The number of piperidine rings is 1. The highest BCUT2D eigenvalue weighted by molar-refractivity contribution is 5.80. The maximum absolute atomic E-state index is 11.7. The number of likely N-dealkylation sites (tertiary alicyclic amines) is 1. The number of guanidine groups is 1. The van der Waals surface area contributed by atoms with Gasteiger partial charge in [0.25, 0.3) is 0 Å². The number of benzene rings is 1. The molecule has 1 aromatic rings. The molecule has 144 valence electrons. The molecule has 1 fully saturated rings. The Balaban J connectivity index is 1.78. The summed E-state index contributed by atoms with van der Waals surface area (Å²) in [6.07, 6.45) is 2.49. The Labute approximate surface area is 156 Å². The molecule has 1 saturated heterocycles. The predicted octanol–water partition coefficient (Wildman–Crippen LogP) is 2.61. The van der Waals surface area contributed by atoms with Crippen LogP contribution >= 0.6 is 0 Å². The van der Waals surface area contributed by atoms with E-state index in [4.69, 9.17) is 14.5 Å². The lowest BCUT2D eigenvalue weighted by molar-refractivity contribution is -0.146. The summed E-state index contributed by atoms with van der Waals surface area (Å²) in [5.74, 6) is 1.78. The summed E-state index contributed by atoms with van der Waals surface area (Å²) in [6.45, 7) is 7.96. The van der Waals surface area contributed by atoms with Gasteiger partial charge >= 0.3 is 5.97 Å². The minimum atomic E-state index is -0.0973. The second-order valence-electron chi connectivity index (χ2n) is 6.49. The number of hydrogen-bond acceptors (Lipinski definition) is 4. The first-order valence-electron chi connectivity index (χ1n) is 9.45. The zero-order valence-corrected chi connectivity index (χ0v) is 16.2. The standard InChI is InChI=1S/C20H31N3O3/c1-4-21-20(23-13-10-17(11-14-23)19(24)25-3)22-12-7-15-26-18-9-6-5-8-16(18)2/h5-6,8-9,17H,4,7,10-15H2,1-3H3,(H,21,22). The van der Waals surface area contributed by atoms with Crippen LogP contribution in [0.2, 0.25) is 0 Å². The fourth-order valence-electron chi connectivity index (χ4n) is 3.07. The zero-order chi connectivity index (χ0) is 18.8. The minimum absolute atomic E-state index is 0.0154. The maximum Gasteiger partial charge on any atom is 0.308 e. The van der Waals surface area contributed by atoms with Gasteiger partial charge in [0.05, 0.1) is 19.6 Å². The summed E-state index contributed by atoms with van der Waals surface area (Å²) < 4.78 is 10.7. The summed E-state index contributed by atoms with van der Waals surface area (Å²) in [5.41, 5.74) is 1.15. The Morgan fingerprint density at radius 3 is 2.69 bits per heavy atom. The fourth-order valence-corrected chi connectivity index (χ4v) is 3.07. The molecule has 0 aromatic heterocycles. The second-order valence-corrected chi connectivity index (χ2v) is 6.49. The number of aryl methyl sites for hydroxylation is 1. The number of ether oxygens (including phenoxy) is 2. The van der Waals surface area contributed by atoms with E-state index in [2.05, 4.69) is 30.1 Å². The molecule has 1 heterocycles. The van der Waals surface area contributed by atoms with Gasteiger partial charge in [-0.1, -0.05) is 18.2 Å². The molecular weight excluding hydrogens is 330 g/mol. The maximum atomic E-state index is 11.7. The van der Waals surface area contributed by atoms with Gasteiger partial charge in [-0.15, -0.1) is 0 Å². The van der Waals surface area contributed by atoms with Crippen molar-refractivity contribution in [3.05, 3.63) is 29.8 Å². The molecule has 6 nitrogen and oxygen atoms in total. The van der Waals surface area contributed by atoms with Gasteiger partial charge in [0.1, 0.15) is 5.75 Å². The molecule has 0 radical (unpaired) electrons. The first kappa shape index (κ1) is 20.1. The number of methoxy groups -OCH3 is 1. The van der Waals surface area contributed by atoms with Gasteiger partial charge in [0.15, 0.2) is 5.96 Å². The molecule has 2 rings (SSSR count). The Kier molecular flexibility index (Phi) is 8.25. The molecule has 1 aliphatic rings. The number of carbonyl (C=O) groups is 1. The number of para-hydroxylation sites is 1. The Hall–Kier alpha value is -2.24. The van der Waals surface area contributed by atoms with Crippen LogP contribution in [0.15, 0.2) is 29.3 Å². The SMILES string of the molecule is CCNC(=NCCCOc1ccccc1C)N1CCC(C(=O)OC)CC1. The van der Waals surface area contributed by atoms with Crippen LogP contribution < -0.4 is 10.1 Å². The Bertz CT molecular complexity index is 596. The van der Waals surface area contributed by atoms with Crippen molar-refractivity contribution in [2.24, 2.45) is 10.9 Å². The quantitative estimate of drug-likeness (QED) is 0.350. The lowest BCUT2D eigenvalue weighted by atomic mass is 9.97. The van der Waals surface area contributed by atoms with E-state index in [0.717, 1.165) is 56.2 Å². The normalized spacial score (nSPS) is 15.7. The zero-order valence-electron chi connectivity index (χ0n) is 16.2. The second kappa shape index (κ2) is 10.7. The third-order valence-corrected chi connectivity index (χ3v) is 4.58. The van der Waals surface area contributed by atoms with Crippen LogP contribution in [-0.4, -0.2) is 56.7 Å². The first-order valence-corrected chi connectivity index (χ1v) is 9.45. The average molecular weight is 361 g/mol. The van der Waals surface area contributed by atoms with Gasteiger partial charge in [0.2, 0.25) is 0 Å². The van der Waals surface area contributed by atoms with E-state index in [0.29, 0.717) is 13.2 Å². The first-order chi connectivity index (χ1) is 12.7. The third kappa shape index (κ3) is 5.93. The van der Waals surface area contributed by atoms with E-state index < -0.39 is 0 Å². The van der Waals surface area contributed by atoms with Crippen molar-refractivity contribution in [3.8, 4) is 5.75 Å². The van der Waals surface area contributed by atoms with E-state index in [9.17, 15) is 4.79 Å². The van der Waals surface area contributed by atoms with Crippen LogP contribution in [0.1, 0.15) is 31.7 Å². The monoisotopic (exact) mass is 361 g/mol. The summed E-state index contributed by atoms with van der Waals surface area (Å²) in [4.78, 5) is 18.6. The summed E-state index contributed by atoms with van der Waals surface area (Å²) in [6, 6.07) is 8.04. The Morgan fingerprint density at radius 2 is 2.04 bits per heavy atom. The number of hydrogen-bond donors (Lipinski definition) is 1. The molecule has 6 heteroatoms. The van der Waals surface area contributed by atoms with Crippen molar-refractivity contribution in [1.82, 2.24) is 10.2 Å². The lowest BCUT2D eigenvalue weighted by Gasteiger charge is -2.33. The van der Waals surface area contributed by atoms with E-state index in [1.165, 1.54) is 7.11 Å². The summed E-state index contributed by atoms with van der Waals surface area (Å²) >= 11 is 0. The minimum Gasteiger partial charge on any atom is -0.493 e. The number of nitrogens with zero attached hydrogens (tertiary/aromatic N) is 2. The molecule has 0 spiro atoms. The molecule has 0 amide bonds. The summed E-state index contributed by atoms with van der Waals surface area (Å²) in [7, 11) is 1.46. The van der Waals surface area contributed by atoms with Crippen molar-refractivity contribution in [1.29, 1.82) is 0 Å². The van der Waals surface area contributed by atoms with Crippen molar-refractivity contribution in [3.63, 3.8) is 0 Å². The highest BCUT2D eigenvalue weighted by Gasteiger charge is 2.26. The van der Waals surface area contributed by atoms with Gasteiger partial charge in [-0.3, -0.25) is 9.79 Å². The van der Waals surface area contributed by atoms with Crippen LogP contribution in [0.3, 0.4) is 0 Å². The van der Waals surface area contributed by atoms with E-state index in [-0.39, 0.29) is 11.9 Å². The number of aliphatic imine (C=N–C) groups is 1. The number of esters is 1. The van der Waals surface area contributed by atoms with Gasteiger partial charge < -0.3 is 19.7 Å². The van der Waals surface area contributed by atoms with E-state index >= 15 is 0 Å². The lowest BCUT2D eigenvalue weighted by Crippen LogP contribution is -2.46. The molecule has 1 N–H and O–H groups in total. The van der Waals surface area contributed by atoms with Gasteiger partial charge in [-0.05, 0) is 38.3 Å². The number of carbonyl (C=O) groups excluding carboxylic acids is 1. The van der Waals surface area contributed by atoms with Crippen LogP contribution in [0.4, 0.5) is 0 Å². The molecule has 1 aliphatic heterocycles. The van der Waals surface area contributed by atoms with Crippen molar-refractivity contribution < 1.29 is 14.3 Å². The molecule has 0 bridgehead atoms. The smallest absolute Gasteiger partial charge is 0.308 e. The van der Waals surface area contributed by atoms with E-state index in [1.54, 1.807) is 0 Å². The Morgan fingerprint density at radius 1 is 1.31 bits per heavy atom. The number of rotatable bonds is 7. The van der Waals surface area contributed by atoms with Crippen LogP contribution in [0.25, 0.3) is 0 Å². The van der Waals surface area contributed by atoms with E-state index in [1.807, 2.05) is 18.2 Å². The van der Waals surface area contributed by atoms with Crippen LogP contribution in [-0.2, 0) is 9.53 Å². The third-order valence-electron chi connectivity index (χ3n) is 4.58. The predicted molar refractivity (Wildman–Crippen MR) is 104 cm³/mol. The van der Waals surface area contributed by atoms with Gasteiger partial charge in [-0.25, -0.2) is 0 Å². The largest absolute Gasteiger partial charge is 0.493 e. The van der Waals surface area contributed by atoms with Crippen molar-refractivity contribution in [2.75, 3.05) is 39.9 Å². The van der Waals surface area contributed by atoms with Crippen LogP contribution in [0, 0.1) is 12.8 Å². The molecule has 0 saturated carbocycles. The molecule has 0 unspecified atom stereocenters. The molecule has 0 aliphatic carbocycles. The van der Waals surface area contributed by atoms with Gasteiger partial charge in [0, 0.05) is 32.6 Å². The average Bonchev–Trinajstić information content (AvgIpc) is 2.67. The van der Waals surface area contributed by atoms with Crippen LogP contribution in [0.5, 0.6) is 5.75 Å². The fraction of sp³-hybridized carbons (Fsp3) is 0.600. The van der Waals surface area contributed by atoms with Gasteiger partial charge in [-0.2, -0.15) is 0 Å². The number of nitrogens with one attached hydrogen (secondary N) is 1. The molecular formula is C20H31N3O3. The summed E-state index contributed by atoms with van der Waals surface area (Å²) in [5, 5.41) is 3.35. The van der Waals surface area contributed by atoms with Crippen molar-refractivity contribution >= 4 is 11.9 Å². The topological polar surface area (TPSA) is 63.2 Å². The molecule has 1 aromatic carbocycles. The highest BCUT2D eigenvalue weighted by Crippen LogP contribution is 2.19.